The first kappa shape index (κ1) is 19.7. The fourth-order valence-electron chi connectivity index (χ4n) is 3.05. The van der Waals surface area contributed by atoms with Gasteiger partial charge < -0.3 is 5.32 Å². The van der Waals surface area contributed by atoms with Gasteiger partial charge in [-0.05, 0) is 43.2 Å². The Bertz CT molecular complexity index is 1170. The molecule has 7 nitrogen and oxygen atoms in total. The number of halogens is 1. The fraction of sp³-hybridized carbons (Fsp3) is 0.200. The summed E-state index contributed by atoms with van der Waals surface area (Å²) in [6.45, 7) is 3.60. The molecular formula is C20H20BrN5O2S. The maximum Gasteiger partial charge on any atom is 0.257 e. The zero-order valence-corrected chi connectivity index (χ0v) is 18.3. The van der Waals surface area contributed by atoms with Gasteiger partial charge in [-0.2, -0.15) is 4.98 Å². The molecule has 0 aliphatic carbocycles. The fourth-order valence-corrected chi connectivity index (χ4v) is 3.82. The molecule has 2 N–H and O–H groups in total. The van der Waals surface area contributed by atoms with Crippen LogP contribution in [-0.4, -0.2) is 28.9 Å². The largest absolute Gasteiger partial charge is 0.324 e. The molecule has 2 heterocycles. The average molecular weight is 474 g/mol. The maximum atomic E-state index is 12.0. The average Bonchev–Trinajstić information content (AvgIpc) is 3.10. The SMILES string of the molecule is CCS(=O)(=O)Nc1nc2n(n1)C(c1ccc(C)cc1)C=C(c1ccc(Br)cc1)N2. The van der Waals surface area contributed by atoms with Crippen LogP contribution in [0.3, 0.4) is 0 Å². The molecule has 3 aromatic rings. The van der Waals surface area contributed by atoms with Crippen molar-refractivity contribution in [3.63, 3.8) is 0 Å². The van der Waals surface area contributed by atoms with Gasteiger partial charge in [0.1, 0.15) is 6.04 Å². The monoisotopic (exact) mass is 473 g/mol. The van der Waals surface area contributed by atoms with Crippen LogP contribution in [0.4, 0.5) is 11.9 Å². The first-order chi connectivity index (χ1) is 13.8. The second-order valence-corrected chi connectivity index (χ2v) is 9.70. The van der Waals surface area contributed by atoms with Gasteiger partial charge in [-0.1, -0.05) is 57.9 Å². The normalized spacial score (nSPS) is 16.0. The minimum Gasteiger partial charge on any atom is -0.324 e. The molecule has 29 heavy (non-hydrogen) atoms. The second kappa shape index (κ2) is 7.64. The third-order valence-corrected chi connectivity index (χ3v) is 6.45. The van der Waals surface area contributed by atoms with E-state index in [0.717, 1.165) is 26.9 Å². The number of allylic oxidation sites excluding steroid dienone is 1. The number of rotatable bonds is 5. The van der Waals surface area contributed by atoms with Gasteiger partial charge in [0.25, 0.3) is 5.95 Å². The first-order valence-corrected chi connectivity index (χ1v) is 11.6. The molecule has 4 rings (SSSR count). The topological polar surface area (TPSA) is 88.9 Å². The van der Waals surface area contributed by atoms with Crippen LogP contribution in [0.2, 0.25) is 0 Å². The van der Waals surface area contributed by atoms with Crippen molar-refractivity contribution in [3.8, 4) is 0 Å². The Hall–Kier alpha value is -2.65. The van der Waals surface area contributed by atoms with Crippen molar-refractivity contribution in [3.05, 3.63) is 75.8 Å². The summed E-state index contributed by atoms with van der Waals surface area (Å²) in [5, 5.41) is 7.68. The molecule has 0 spiro atoms. The number of aryl methyl sites for hydroxylation is 1. The second-order valence-electron chi connectivity index (χ2n) is 6.78. The quantitative estimate of drug-likeness (QED) is 0.580. The van der Waals surface area contributed by atoms with Gasteiger partial charge in [0.05, 0.1) is 5.75 Å². The lowest BCUT2D eigenvalue weighted by Gasteiger charge is -2.24. The van der Waals surface area contributed by atoms with Crippen molar-refractivity contribution < 1.29 is 8.42 Å². The molecular weight excluding hydrogens is 454 g/mol. The number of aromatic nitrogens is 3. The van der Waals surface area contributed by atoms with E-state index in [-0.39, 0.29) is 17.7 Å². The van der Waals surface area contributed by atoms with Crippen molar-refractivity contribution in [1.82, 2.24) is 14.8 Å². The van der Waals surface area contributed by atoms with Crippen LogP contribution in [0.1, 0.15) is 29.7 Å². The van der Waals surface area contributed by atoms with E-state index in [9.17, 15) is 8.42 Å². The Morgan fingerprint density at radius 1 is 1.14 bits per heavy atom. The molecule has 9 heteroatoms. The summed E-state index contributed by atoms with van der Waals surface area (Å²) in [5.41, 5.74) is 4.07. The molecule has 1 aliphatic heterocycles. The summed E-state index contributed by atoms with van der Waals surface area (Å²) in [7, 11) is -3.47. The highest BCUT2D eigenvalue weighted by molar-refractivity contribution is 9.10. The molecule has 0 radical (unpaired) electrons. The number of hydrogen-bond acceptors (Lipinski definition) is 5. The van der Waals surface area contributed by atoms with Gasteiger partial charge in [0.15, 0.2) is 0 Å². The number of fused-ring (bicyclic) bond motifs is 1. The maximum absolute atomic E-state index is 12.0. The van der Waals surface area contributed by atoms with Crippen molar-refractivity contribution in [2.45, 2.75) is 19.9 Å². The van der Waals surface area contributed by atoms with E-state index in [1.165, 1.54) is 0 Å². The van der Waals surface area contributed by atoms with Gasteiger partial charge in [-0.25, -0.2) is 17.8 Å². The molecule has 0 amide bonds. The minimum atomic E-state index is -3.47. The molecule has 0 saturated carbocycles. The van der Waals surface area contributed by atoms with E-state index < -0.39 is 10.0 Å². The van der Waals surface area contributed by atoms with Gasteiger partial charge >= 0.3 is 0 Å². The summed E-state index contributed by atoms with van der Waals surface area (Å²) >= 11 is 3.46. The van der Waals surface area contributed by atoms with Crippen LogP contribution >= 0.6 is 15.9 Å². The van der Waals surface area contributed by atoms with E-state index in [1.54, 1.807) is 11.6 Å². The summed E-state index contributed by atoms with van der Waals surface area (Å²) in [6, 6.07) is 15.9. The summed E-state index contributed by atoms with van der Waals surface area (Å²) in [6.07, 6.45) is 2.06. The van der Waals surface area contributed by atoms with E-state index in [1.807, 2.05) is 55.5 Å². The molecule has 2 aromatic carbocycles. The van der Waals surface area contributed by atoms with Crippen molar-refractivity contribution >= 4 is 43.5 Å². The van der Waals surface area contributed by atoms with Crippen LogP contribution in [-0.2, 0) is 10.0 Å². The molecule has 1 unspecified atom stereocenters. The highest BCUT2D eigenvalue weighted by atomic mass is 79.9. The number of sulfonamides is 1. The number of anilines is 2. The third-order valence-electron chi connectivity index (χ3n) is 4.67. The first-order valence-electron chi connectivity index (χ1n) is 9.13. The number of benzene rings is 2. The molecule has 150 valence electrons. The predicted octanol–water partition coefficient (Wildman–Crippen LogP) is 4.17. The molecule has 1 aliphatic rings. The van der Waals surface area contributed by atoms with E-state index in [4.69, 9.17) is 0 Å². The minimum absolute atomic E-state index is 0.0475. The zero-order chi connectivity index (χ0) is 20.6. The van der Waals surface area contributed by atoms with Gasteiger partial charge in [0, 0.05) is 10.2 Å². The Kier molecular flexibility index (Phi) is 5.18. The number of hydrogen-bond donors (Lipinski definition) is 2. The Balaban J connectivity index is 1.78. The molecule has 0 saturated heterocycles. The third kappa shape index (κ3) is 4.20. The molecule has 0 bridgehead atoms. The predicted molar refractivity (Wildman–Crippen MR) is 118 cm³/mol. The Labute approximate surface area is 178 Å². The van der Waals surface area contributed by atoms with E-state index >= 15 is 0 Å². The van der Waals surface area contributed by atoms with Gasteiger partial charge in [-0.15, -0.1) is 5.10 Å². The summed E-state index contributed by atoms with van der Waals surface area (Å²) < 4.78 is 29.0. The van der Waals surface area contributed by atoms with Crippen LogP contribution in [0.25, 0.3) is 5.70 Å². The summed E-state index contributed by atoms with van der Waals surface area (Å²) in [5.74, 6) is 0.482. The lowest BCUT2D eigenvalue weighted by atomic mass is 10.0. The smallest absolute Gasteiger partial charge is 0.257 e. The molecule has 0 fully saturated rings. The van der Waals surface area contributed by atoms with Gasteiger partial charge in [-0.3, -0.25) is 0 Å². The van der Waals surface area contributed by atoms with Crippen LogP contribution < -0.4 is 10.0 Å². The standard InChI is InChI=1S/C20H20BrN5O2S/c1-3-29(27,28)25-19-23-20-22-17(14-8-10-16(21)11-9-14)12-18(26(20)24-19)15-6-4-13(2)5-7-15/h4-12,18H,3H2,1-2H3,(H2,22,23,24,25). The summed E-state index contributed by atoms with van der Waals surface area (Å²) in [4.78, 5) is 4.37. The molecule has 1 aromatic heterocycles. The highest BCUT2D eigenvalue weighted by Gasteiger charge is 2.26. The van der Waals surface area contributed by atoms with Crippen LogP contribution in [0, 0.1) is 6.92 Å². The Morgan fingerprint density at radius 2 is 1.83 bits per heavy atom. The van der Waals surface area contributed by atoms with Crippen molar-refractivity contribution in [2.75, 3.05) is 15.8 Å². The highest BCUT2D eigenvalue weighted by Crippen LogP contribution is 2.33. The number of nitrogens with one attached hydrogen (secondary N) is 2. The van der Waals surface area contributed by atoms with Crippen LogP contribution in [0.15, 0.2) is 59.1 Å². The number of nitrogens with zero attached hydrogens (tertiary/aromatic N) is 3. The van der Waals surface area contributed by atoms with E-state index in [2.05, 4.69) is 42.1 Å². The van der Waals surface area contributed by atoms with Crippen LogP contribution in [0.5, 0.6) is 0 Å². The van der Waals surface area contributed by atoms with Crippen molar-refractivity contribution in [2.24, 2.45) is 0 Å². The van der Waals surface area contributed by atoms with Crippen molar-refractivity contribution in [1.29, 1.82) is 0 Å². The molecule has 1 atom stereocenters. The van der Waals surface area contributed by atoms with E-state index in [0.29, 0.717) is 5.95 Å². The lowest BCUT2D eigenvalue weighted by molar-refractivity contribution is 0.599. The zero-order valence-electron chi connectivity index (χ0n) is 15.9. The lowest BCUT2D eigenvalue weighted by Crippen LogP contribution is -2.20. The van der Waals surface area contributed by atoms with Gasteiger partial charge in [0.2, 0.25) is 16.0 Å². The Morgan fingerprint density at radius 3 is 2.48 bits per heavy atom.